The van der Waals surface area contributed by atoms with Gasteiger partial charge in [0.25, 0.3) is 5.69 Å². The zero-order valence-electron chi connectivity index (χ0n) is 11.5. The van der Waals surface area contributed by atoms with E-state index >= 15 is 0 Å². The van der Waals surface area contributed by atoms with Gasteiger partial charge in [0.15, 0.2) is 11.5 Å². The second kappa shape index (κ2) is 6.73. The Morgan fingerprint density at radius 2 is 2.19 bits per heavy atom. The van der Waals surface area contributed by atoms with Crippen molar-refractivity contribution in [3.63, 3.8) is 0 Å². The Balaban J connectivity index is 2.28. The van der Waals surface area contributed by atoms with Crippen molar-refractivity contribution < 1.29 is 14.4 Å². The lowest BCUT2D eigenvalue weighted by molar-refractivity contribution is -0.385. The zero-order valence-corrected chi connectivity index (χ0v) is 13.0. The molecular weight excluding hydrogens is 316 g/mol. The van der Waals surface area contributed by atoms with E-state index in [-0.39, 0.29) is 18.2 Å². The van der Waals surface area contributed by atoms with Crippen molar-refractivity contribution in [2.24, 2.45) is 0 Å². The minimum absolute atomic E-state index is 0.0260. The summed E-state index contributed by atoms with van der Waals surface area (Å²) in [4.78, 5) is 14.8. The van der Waals surface area contributed by atoms with Gasteiger partial charge in [-0.3, -0.25) is 10.1 Å². The monoisotopic (exact) mass is 328 g/mol. The summed E-state index contributed by atoms with van der Waals surface area (Å²) >= 11 is 7.24. The molecule has 0 bridgehead atoms. The third kappa shape index (κ3) is 3.62. The van der Waals surface area contributed by atoms with Gasteiger partial charge in [-0.15, -0.1) is 22.9 Å². The van der Waals surface area contributed by atoms with Gasteiger partial charge in [0, 0.05) is 10.9 Å². The molecule has 0 N–H and O–H groups in total. The predicted molar refractivity (Wildman–Crippen MR) is 80.4 cm³/mol. The second-order valence-corrected chi connectivity index (χ2v) is 5.50. The van der Waals surface area contributed by atoms with Crippen molar-refractivity contribution in [3.8, 4) is 11.5 Å². The van der Waals surface area contributed by atoms with E-state index in [4.69, 9.17) is 21.1 Å². The van der Waals surface area contributed by atoms with Gasteiger partial charge in [-0.05, 0) is 13.0 Å². The number of rotatable bonds is 6. The van der Waals surface area contributed by atoms with Crippen LogP contribution in [0, 0.1) is 17.0 Å². The van der Waals surface area contributed by atoms with E-state index in [0.717, 1.165) is 10.7 Å². The molecule has 6 nitrogen and oxygen atoms in total. The maximum atomic E-state index is 11.0. The Labute approximate surface area is 130 Å². The summed E-state index contributed by atoms with van der Waals surface area (Å²) in [5, 5.41) is 13.9. The van der Waals surface area contributed by atoms with Gasteiger partial charge < -0.3 is 9.47 Å². The molecule has 1 heterocycles. The molecule has 112 valence electrons. The molecule has 0 atom stereocenters. The molecule has 1 aromatic carbocycles. The van der Waals surface area contributed by atoms with Crippen LogP contribution in [-0.2, 0) is 12.5 Å². The molecule has 0 aliphatic rings. The Morgan fingerprint density at radius 1 is 1.43 bits per heavy atom. The fraction of sp³-hybridized carbons (Fsp3) is 0.308. The molecule has 2 rings (SSSR count). The SMILES string of the molecule is COc1cc(CCl)c([N+](=O)[O-])cc1OCc1csc(C)n1. The summed E-state index contributed by atoms with van der Waals surface area (Å²) in [6.45, 7) is 2.12. The van der Waals surface area contributed by atoms with E-state index < -0.39 is 4.92 Å². The largest absolute Gasteiger partial charge is 0.493 e. The van der Waals surface area contributed by atoms with E-state index in [0.29, 0.717) is 17.1 Å². The summed E-state index contributed by atoms with van der Waals surface area (Å²) in [6.07, 6.45) is 0. The van der Waals surface area contributed by atoms with E-state index in [1.807, 2.05) is 12.3 Å². The fourth-order valence-corrected chi connectivity index (χ4v) is 2.58. The van der Waals surface area contributed by atoms with E-state index in [9.17, 15) is 10.1 Å². The first-order valence-corrected chi connectivity index (χ1v) is 7.41. The van der Waals surface area contributed by atoms with Crippen LogP contribution in [-0.4, -0.2) is 17.0 Å². The average molecular weight is 329 g/mol. The lowest BCUT2D eigenvalue weighted by atomic mass is 10.2. The first-order valence-electron chi connectivity index (χ1n) is 6.00. The van der Waals surface area contributed by atoms with Crippen LogP contribution in [0.5, 0.6) is 11.5 Å². The first-order chi connectivity index (χ1) is 10.0. The highest BCUT2D eigenvalue weighted by Crippen LogP contribution is 2.35. The highest BCUT2D eigenvalue weighted by atomic mass is 35.5. The van der Waals surface area contributed by atoms with Crippen molar-refractivity contribution in [3.05, 3.63) is 43.9 Å². The highest BCUT2D eigenvalue weighted by molar-refractivity contribution is 7.09. The third-order valence-corrected chi connectivity index (χ3v) is 3.86. The minimum atomic E-state index is -0.489. The standard InChI is InChI=1S/C13H13ClN2O4S/c1-8-15-10(7-21-8)6-20-13-4-11(16(17)18)9(5-14)3-12(13)19-2/h3-4,7H,5-6H2,1-2H3. The Morgan fingerprint density at radius 3 is 2.71 bits per heavy atom. The molecule has 2 aromatic rings. The second-order valence-electron chi connectivity index (χ2n) is 4.17. The van der Waals surface area contributed by atoms with Crippen LogP contribution < -0.4 is 9.47 Å². The van der Waals surface area contributed by atoms with Crippen molar-refractivity contribution in [1.29, 1.82) is 0 Å². The molecule has 1 aromatic heterocycles. The number of nitro groups is 1. The van der Waals surface area contributed by atoms with Gasteiger partial charge in [0.1, 0.15) is 6.61 Å². The Bertz CT molecular complexity index is 660. The number of thiazole rings is 1. The van der Waals surface area contributed by atoms with Crippen LogP contribution >= 0.6 is 22.9 Å². The van der Waals surface area contributed by atoms with Crippen LogP contribution in [0.3, 0.4) is 0 Å². The number of halogens is 1. The average Bonchev–Trinajstić information content (AvgIpc) is 2.89. The number of hydrogen-bond acceptors (Lipinski definition) is 6. The zero-order chi connectivity index (χ0) is 15.4. The number of nitro benzene ring substituents is 1. The van der Waals surface area contributed by atoms with Crippen molar-refractivity contribution in [1.82, 2.24) is 4.98 Å². The summed E-state index contributed by atoms with van der Waals surface area (Å²) in [7, 11) is 1.47. The minimum Gasteiger partial charge on any atom is -0.493 e. The Kier molecular flexibility index (Phi) is 4.98. The molecule has 8 heteroatoms. The van der Waals surface area contributed by atoms with E-state index in [2.05, 4.69) is 4.98 Å². The number of alkyl halides is 1. The van der Waals surface area contributed by atoms with Gasteiger partial charge in [0.2, 0.25) is 0 Å². The molecule has 0 unspecified atom stereocenters. The number of methoxy groups -OCH3 is 1. The molecule has 0 radical (unpaired) electrons. The summed E-state index contributed by atoms with van der Waals surface area (Å²) < 4.78 is 10.8. The number of nitrogens with zero attached hydrogens (tertiary/aromatic N) is 2. The molecule has 21 heavy (non-hydrogen) atoms. The van der Waals surface area contributed by atoms with Gasteiger partial charge >= 0.3 is 0 Å². The smallest absolute Gasteiger partial charge is 0.277 e. The molecule has 0 fully saturated rings. The summed E-state index contributed by atoms with van der Waals surface area (Å²) in [5.41, 5.74) is 1.06. The van der Waals surface area contributed by atoms with Crippen LogP contribution in [0.2, 0.25) is 0 Å². The number of hydrogen-bond donors (Lipinski definition) is 0. The van der Waals surface area contributed by atoms with E-state index in [1.54, 1.807) is 0 Å². The summed E-state index contributed by atoms with van der Waals surface area (Å²) in [6, 6.07) is 2.85. The molecule has 0 saturated carbocycles. The molecular formula is C13H13ClN2O4S. The van der Waals surface area contributed by atoms with Crippen molar-refractivity contribution >= 4 is 28.6 Å². The third-order valence-electron chi connectivity index (χ3n) is 2.75. The topological polar surface area (TPSA) is 74.5 Å². The van der Waals surface area contributed by atoms with E-state index in [1.165, 1.54) is 30.6 Å². The molecule has 0 spiro atoms. The van der Waals surface area contributed by atoms with Gasteiger partial charge in [-0.2, -0.15) is 0 Å². The van der Waals surface area contributed by atoms with Crippen LogP contribution in [0.25, 0.3) is 0 Å². The van der Waals surface area contributed by atoms with Crippen molar-refractivity contribution in [2.75, 3.05) is 7.11 Å². The number of ether oxygens (including phenoxy) is 2. The quantitative estimate of drug-likeness (QED) is 0.459. The fourth-order valence-electron chi connectivity index (χ4n) is 1.77. The van der Waals surface area contributed by atoms with Gasteiger partial charge in [-0.25, -0.2) is 4.98 Å². The van der Waals surface area contributed by atoms with Crippen LogP contribution in [0.1, 0.15) is 16.3 Å². The molecule has 0 amide bonds. The highest BCUT2D eigenvalue weighted by Gasteiger charge is 2.19. The van der Waals surface area contributed by atoms with Crippen LogP contribution in [0.15, 0.2) is 17.5 Å². The first kappa shape index (κ1) is 15.5. The predicted octanol–water partition coefficient (Wildman–Crippen LogP) is 3.69. The molecule has 0 aliphatic heterocycles. The number of aryl methyl sites for hydroxylation is 1. The maximum Gasteiger partial charge on any atom is 0.277 e. The lowest BCUT2D eigenvalue weighted by Crippen LogP contribution is -2.01. The molecule has 0 aliphatic carbocycles. The summed E-state index contributed by atoms with van der Waals surface area (Å²) in [5.74, 6) is 0.727. The number of benzene rings is 1. The normalized spacial score (nSPS) is 10.4. The van der Waals surface area contributed by atoms with Crippen molar-refractivity contribution in [2.45, 2.75) is 19.4 Å². The lowest BCUT2D eigenvalue weighted by Gasteiger charge is -2.11. The van der Waals surface area contributed by atoms with Crippen LogP contribution in [0.4, 0.5) is 5.69 Å². The maximum absolute atomic E-state index is 11.0. The number of aromatic nitrogens is 1. The molecule has 0 saturated heterocycles. The van der Waals surface area contributed by atoms with Gasteiger partial charge in [-0.1, -0.05) is 0 Å². The van der Waals surface area contributed by atoms with Gasteiger partial charge in [0.05, 0.1) is 34.7 Å². The Hall–Kier alpha value is -1.86.